The monoisotopic (exact) mass is 266 g/mol. The molecular weight excluding hydrogens is 248 g/mol. The van der Waals surface area contributed by atoms with Crippen LogP contribution in [0.25, 0.3) is 22.1 Å². The first kappa shape index (κ1) is 12.7. The number of aryl methyl sites for hydroxylation is 1. The fourth-order valence-electron chi connectivity index (χ4n) is 2.63. The second kappa shape index (κ2) is 4.67. The third kappa shape index (κ3) is 1.78. The molecule has 0 atom stereocenters. The van der Waals surface area contributed by atoms with Crippen molar-refractivity contribution >= 4 is 27.8 Å². The fourth-order valence-corrected chi connectivity index (χ4v) is 2.63. The molecule has 3 nitrogen and oxygen atoms in total. The van der Waals surface area contributed by atoms with Gasteiger partial charge in [0.1, 0.15) is 5.52 Å². The lowest BCUT2D eigenvalue weighted by Gasteiger charge is -2.26. The van der Waals surface area contributed by atoms with Crippen molar-refractivity contribution < 1.29 is 4.42 Å². The van der Waals surface area contributed by atoms with Crippen LogP contribution in [0.5, 0.6) is 0 Å². The van der Waals surface area contributed by atoms with Crippen LogP contribution in [0.1, 0.15) is 19.4 Å². The van der Waals surface area contributed by atoms with Crippen LogP contribution in [0.15, 0.2) is 47.7 Å². The quantitative estimate of drug-likeness (QED) is 0.691. The Morgan fingerprint density at radius 3 is 2.80 bits per heavy atom. The van der Waals surface area contributed by atoms with E-state index in [1.807, 2.05) is 18.3 Å². The lowest BCUT2D eigenvalue weighted by Crippen LogP contribution is -2.25. The number of hydrogen-bond donors (Lipinski definition) is 0. The lowest BCUT2D eigenvalue weighted by molar-refractivity contribution is 0.662. The minimum atomic E-state index is 0.318. The molecule has 0 spiro atoms. The van der Waals surface area contributed by atoms with Crippen LogP contribution in [0.4, 0.5) is 5.69 Å². The molecule has 0 N–H and O–H groups in total. The van der Waals surface area contributed by atoms with E-state index in [2.05, 4.69) is 49.4 Å². The van der Waals surface area contributed by atoms with E-state index in [1.54, 1.807) is 6.20 Å². The molecular formula is C17H18N2O. The Morgan fingerprint density at radius 2 is 2.10 bits per heavy atom. The van der Waals surface area contributed by atoms with Crippen LogP contribution < -0.4 is 4.90 Å². The number of nitrogens with zero attached hydrogens (tertiary/aromatic N) is 2. The molecule has 0 saturated heterocycles. The SMILES string of the molecule is C=CN(c1c(C)ccc2c1oc1cccnc12)C(C)C. The normalized spacial score (nSPS) is 11.4. The molecule has 0 saturated carbocycles. The molecule has 2 aromatic heterocycles. The molecule has 0 aliphatic carbocycles. The minimum absolute atomic E-state index is 0.318. The van der Waals surface area contributed by atoms with Gasteiger partial charge < -0.3 is 9.32 Å². The van der Waals surface area contributed by atoms with E-state index < -0.39 is 0 Å². The van der Waals surface area contributed by atoms with Gasteiger partial charge in [0.15, 0.2) is 11.2 Å². The highest BCUT2D eigenvalue weighted by Gasteiger charge is 2.18. The zero-order valence-electron chi connectivity index (χ0n) is 12.1. The third-order valence-electron chi connectivity index (χ3n) is 3.58. The van der Waals surface area contributed by atoms with E-state index in [0.717, 1.165) is 27.8 Å². The van der Waals surface area contributed by atoms with E-state index in [9.17, 15) is 0 Å². The minimum Gasteiger partial charge on any atom is -0.452 e. The number of benzene rings is 1. The number of pyridine rings is 1. The summed E-state index contributed by atoms with van der Waals surface area (Å²) in [5, 5.41) is 1.05. The number of hydrogen-bond acceptors (Lipinski definition) is 3. The van der Waals surface area contributed by atoms with E-state index >= 15 is 0 Å². The first-order valence-electron chi connectivity index (χ1n) is 6.81. The summed E-state index contributed by atoms with van der Waals surface area (Å²) in [7, 11) is 0. The van der Waals surface area contributed by atoms with Crippen molar-refractivity contribution in [3.8, 4) is 0 Å². The van der Waals surface area contributed by atoms with Gasteiger partial charge in [0.05, 0.1) is 5.69 Å². The molecule has 0 bridgehead atoms. The Kier molecular flexibility index (Phi) is 2.97. The molecule has 1 aromatic carbocycles. The number of rotatable bonds is 3. The number of fused-ring (bicyclic) bond motifs is 3. The lowest BCUT2D eigenvalue weighted by atomic mass is 10.1. The van der Waals surface area contributed by atoms with Gasteiger partial charge in [0.25, 0.3) is 0 Å². The first-order chi connectivity index (χ1) is 9.63. The predicted octanol–water partition coefficient (Wildman–Crippen LogP) is 4.65. The zero-order valence-corrected chi connectivity index (χ0v) is 12.1. The van der Waals surface area contributed by atoms with Crippen LogP contribution in [0.2, 0.25) is 0 Å². The van der Waals surface area contributed by atoms with Crippen LogP contribution in [0, 0.1) is 6.92 Å². The standard InChI is InChI=1S/C17H18N2O/c1-5-19(11(2)3)16-12(4)8-9-13-15-14(20-17(13)16)7-6-10-18-15/h5-11H,1H2,2-4H3. The summed E-state index contributed by atoms with van der Waals surface area (Å²) in [6, 6.07) is 8.35. The van der Waals surface area contributed by atoms with Gasteiger partial charge in [-0.05, 0) is 50.7 Å². The molecule has 3 heteroatoms. The van der Waals surface area contributed by atoms with Crippen LogP contribution in [0.3, 0.4) is 0 Å². The van der Waals surface area contributed by atoms with Gasteiger partial charge in [-0.1, -0.05) is 12.6 Å². The van der Waals surface area contributed by atoms with E-state index in [1.165, 1.54) is 5.56 Å². The topological polar surface area (TPSA) is 29.3 Å². The summed E-state index contributed by atoms with van der Waals surface area (Å²) in [5.41, 5.74) is 4.86. The Balaban J connectivity index is 2.40. The summed E-state index contributed by atoms with van der Waals surface area (Å²) in [4.78, 5) is 6.57. The molecule has 102 valence electrons. The molecule has 20 heavy (non-hydrogen) atoms. The maximum atomic E-state index is 6.05. The smallest absolute Gasteiger partial charge is 0.160 e. The Bertz CT molecular complexity index is 786. The molecule has 0 unspecified atom stereocenters. The van der Waals surface area contributed by atoms with Gasteiger partial charge in [-0.25, -0.2) is 0 Å². The van der Waals surface area contributed by atoms with Crippen LogP contribution >= 0.6 is 0 Å². The maximum absolute atomic E-state index is 6.05. The Hall–Kier alpha value is -2.29. The third-order valence-corrected chi connectivity index (χ3v) is 3.58. The van der Waals surface area contributed by atoms with Crippen molar-refractivity contribution in [1.29, 1.82) is 0 Å². The second-order valence-electron chi connectivity index (χ2n) is 5.24. The fraction of sp³-hybridized carbons (Fsp3) is 0.235. The Labute approximate surface area is 118 Å². The van der Waals surface area contributed by atoms with Crippen molar-refractivity contribution in [3.63, 3.8) is 0 Å². The predicted molar refractivity (Wildman–Crippen MR) is 84.1 cm³/mol. The highest BCUT2D eigenvalue weighted by molar-refractivity contribution is 6.07. The number of anilines is 1. The summed E-state index contributed by atoms with van der Waals surface area (Å²) < 4.78 is 6.05. The van der Waals surface area contributed by atoms with Crippen LogP contribution in [-0.2, 0) is 0 Å². The zero-order chi connectivity index (χ0) is 14.3. The molecule has 3 rings (SSSR count). The molecule has 0 amide bonds. The van der Waals surface area contributed by atoms with E-state index in [-0.39, 0.29) is 0 Å². The molecule has 2 heterocycles. The van der Waals surface area contributed by atoms with E-state index in [0.29, 0.717) is 6.04 Å². The van der Waals surface area contributed by atoms with Crippen molar-refractivity contribution in [3.05, 3.63) is 48.8 Å². The van der Waals surface area contributed by atoms with Gasteiger partial charge in [0, 0.05) is 17.6 Å². The molecule has 3 aromatic rings. The maximum Gasteiger partial charge on any atom is 0.160 e. The van der Waals surface area contributed by atoms with Gasteiger partial charge >= 0.3 is 0 Å². The van der Waals surface area contributed by atoms with Crippen molar-refractivity contribution in [2.24, 2.45) is 0 Å². The van der Waals surface area contributed by atoms with Crippen LogP contribution in [-0.4, -0.2) is 11.0 Å². The number of aromatic nitrogens is 1. The second-order valence-corrected chi connectivity index (χ2v) is 5.24. The molecule has 0 fully saturated rings. The Morgan fingerprint density at radius 1 is 1.30 bits per heavy atom. The van der Waals surface area contributed by atoms with Crippen molar-refractivity contribution in [1.82, 2.24) is 4.98 Å². The summed E-state index contributed by atoms with van der Waals surface area (Å²) in [6.45, 7) is 10.3. The highest BCUT2D eigenvalue weighted by Crippen LogP contribution is 2.37. The van der Waals surface area contributed by atoms with Gasteiger partial charge in [-0.2, -0.15) is 0 Å². The van der Waals surface area contributed by atoms with Crippen molar-refractivity contribution in [2.45, 2.75) is 26.8 Å². The van der Waals surface area contributed by atoms with E-state index in [4.69, 9.17) is 4.42 Å². The number of furan rings is 1. The van der Waals surface area contributed by atoms with Crippen molar-refractivity contribution in [2.75, 3.05) is 4.90 Å². The van der Waals surface area contributed by atoms with Gasteiger partial charge in [-0.3, -0.25) is 4.98 Å². The molecule has 0 aliphatic rings. The average molecular weight is 266 g/mol. The molecule has 0 radical (unpaired) electrons. The summed E-state index contributed by atoms with van der Waals surface area (Å²) >= 11 is 0. The first-order valence-corrected chi connectivity index (χ1v) is 6.81. The summed E-state index contributed by atoms with van der Waals surface area (Å²) in [5.74, 6) is 0. The largest absolute Gasteiger partial charge is 0.452 e. The molecule has 0 aliphatic heterocycles. The van der Waals surface area contributed by atoms with Gasteiger partial charge in [0.2, 0.25) is 0 Å². The average Bonchev–Trinajstić information content (AvgIpc) is 2.80. The highest BCUT2D eigenvalue weighted by atomic mass is 16.3. The summed E-state index contributed by atoms with van der Waals surface area (Å²) in [6.07, 6.45) is 3.65. The van der Waals surface area contributed by atoms with Gasteiger partial charge in [-0.15, -0.1) is 0 Å².